The zero-order valence-corrected chi connectivity index (χ0v) is 12.4. The number of hydrogen-bond donors (Lipinski definition) is 1. The molecule has 2 rings (SSSR count). The lowest BCUT2D eigenvalue weighted by Crippen LogP contribution is -2.49. The van der Waals surface area contributed by atoms with Gasteiger partial charge in [0, 0.05) is 37.6 Å². The monoisotopic (exact) mass is 282 g/mol. The van der Waals surface area contributed by atoms with Crippen LogP contribution < -0.4 is 0 Å². The van der Waals surface area contributed by atoms with E-state index >= 15 is 0 Å². The van der Waals surface area contributed by atoms with Gasteiger partial charge in [-0.1, -0.05) is 6.07 Å². The molecule has 1 N–H and O–H groups in total. The minimum atomic E-state index is -0.912. The van der Waals surface area contributed by atoms with Gasteiger partial charge in [-0.2, -0.15) is 0 Å². The first-order valence-corrected chi connectivity index (χ1v) is 7.57. The predicted molar refractivity (Wildman–Crippen MR) is 77.1 cm³/mol. The van der Waals surface area contributed by atoms with E-state index in [1.165, 1.54) is 4.88 Å². The molecule has 0 bridgehead atoms. The summed E-state index contributed by atoms with van der Waals surface area (Å²) >= 11 is 1.78. The molecule has 0 aromatic carbocycles. The number of thiophene rings is 1. The zero-order valence-electron chi connectivity index (χ0n) is 11.6. The molecule has 1 aliphatic rings. The van der Waals surface area contributed by atoms with E-state index in [4.69, 9.17) is 0 Å². The van der Waals surface area contributed by atoms with Crippen LogP contribution in [0.25, 0.3) is 0 Å². The first-order valence-electron chi connectivity index (χ1n) is 6.69. The largest absolute Gasteiger partial charge is 0.390 e. The van der Waals surface area contributed by atoms with E-state index in [0.717, 1.165) is 32.7 Å². The van der Waals surface area contributed by atoms with Crippen molar-refractivity contribution in [3.63, 3.8) is 0 Å². The molecule has 0 aliphatic carbocycles. The number of carbonyl (C=O) groups is 1. The van der Waals surface area contributed by atoms with Crippen LogP contribution in [0.4, 0.5) is 0 Å². The number of hydrogen-bond acceptors (Lipinski definition) is 4. The molecule has 1 saturated heterocycles. The minimum absolute atomic E-state index is 0.0586. The van der Waals surface area contributed by atoms with Crippen molar-refractivity contribution >= 4 is 17.2 Å². The molecule has 0 saturated carbocycles. The third kappa shape index (κ3) is 4.60. The fraction of sp³-hybridized carbons (Fsp3) is 0.643. The van der Waals surface area contributed by atoms with Gasteiger partial charge in [0.1, 0.15) is 0 Å². The Kier molecular flexibility index (Phi) is 4.60. The molecule has 1 fully saturated rings. The third-order valence-corrected chi connectivity index (χ3v) is 4.13. The number of rotatable bonds is 4. The maximum atomic E-state index is 12.0. The Bertz CT molecular complexity index is 404. The Morgan fingerprint density at radius 1 is 1.37 bits per heavy atom. The summed E-state index contributed by atoms with van der Waals surface area (Å²) < 4.78 is 0. The summed E-state index contributed by atoms with van der Waals surface area (Å²) in [4.78, 5) is 17.6. The maximum absolute atomic E-state index is 12.0. The Balaban J connectivity index is 1.77. The van der Waals surface area contributed by atoms with Crippen molar-refractivity contribution in [3.05, 3.63) is 22.4 Å². The Labute approximate surface area is 118 Å². The second-order valence-corrected chi connectivity index (χ2v) is 6.76. The second kappa shape index (κ2) is 6.03. The lowest BCUT2D eigenvalue weighted by molar-refractivity contribution is -0.137. The molecule has 1 aliphatic heterocycles. The quantitative estimate of drug-likeness (QED) is 0.911. The van der Waals surface area contributed by atoms with Crippen LogP contribution >= 0.6 is 11.3 Å². The van der Waals surface area contributed by atoms with Crippen LogP contribution in [0.3, 0.4) is 0 Å². The SMILES string of the molecule is CC(C)(O)CC(=O)N1CCN(Cc2cccs2)CC1. The topological polar surface area (TPSA) is 43.8 Å². The number of amides is 1. The van der Waals surface area contributed by atoms with Crippen LogP contribution in [-0.4, -0.2) is 52.6 Å². The molecule has 1 aromatic rings. The lowest BCUT2D eigenvalue weighted by Gasteiger charge is -2.35. The summed E-state index contributed by atoms with van der Waals surface area (Å²) in [5, 5.41) is 11.8. The highest BCUT2D eigenvalue weighted by Crippen LogP contribution is 2.15. The van der Waals surface area contributed by atoms with Crippen molar-refractivity contribution in [2.45, 2.75) is 32.4 Å². The molecule has 0 atom stereocenters. The molecule has 5 heteroatoms. The van der Waals surface area contributed by atoms with E-state index in [2.05, 4.69) is 22.4 Å². The number of nitrogens with zero attached hydrogens (tertiary/aromatic N) is 2. The van der Waals surface area contributed by atoms with Gasteiger partial charge >= 0.3 is 0 Å². The molecular weight excluding hydrogens is 260 g/mol. The smallest absolute Gasteiger partial charge is 0.225 e. The van der Waals surface area contributed by atoms with E-state index in [1.54, 1.807) is 25.2 Å². The third-order valence-electron chi connectivity index (χ3n) is 3.27. The van der Waals surface area contributed by atoms with Crippen molar-refractivity contribution in [1.29, 1.82) is 0 Å². The van der Waals surface area contributed by atoms with Crippen molar-refractivity contribution in [3.8, 4) is 0 Å². The summed E-state index contributed by atoms with van der Waals surface area (Å²) in [6.07, 6.45) is 0.206. The average Bonchev–Trinajstić information content (AvgIpc) is 2.80. The lowest BCUT2D eigenvalue weighted by atomic mass is 10.0. The zero-order chi connectivity index (χ0) is 13.9. The van der Waals surface area contributed by atoms with Crippen LogP contribution in [0.15, 0.2) is 17.5 Å². The van der Waals surface area contributed by atoms with Crippen LogP contribution in [0.1, 0.15) is 25.1 Å². The van der Waals surface area contributed by atoms with Crippen LogP contribution in [0, 0.1) is 0 Å². The Morgan fingerprint density at radius 3 is 2.58 bits per heavy atom. The second-order valence-electron chi connectivity index (χ2n) is 5.73. The van der Waals surface area contributed by atoms with Gasteiger partial charge < -0.3 is 10.0 Å². The normalized spacial score (nSPS) is 17.7. The number of aliphatic hydroxyl groups is 1. The van der Waals surface area contributed by atoms with E-state index in [9.17, 15) is 9.90 Å². The Morgan fingerprint density at radius 2 is 2.05 bits per heavy atom. The average molecular weight is 282 g/mol. The highest BCUT2D eigenvalue weighted by atomic mass is 32.1. The first-order chi connectivity index (χ1) is 8.94. The first kappa shape index (κ1) is 14.5. The van der Waals surface area contributed by atoms with Crippen LogP contribution in [-0.2, 0) is 11.3 Å². The molecular formula is C14H22N2O2S. The molecule has 0 radical (unpaired) electrons. The van der Waals surface area contributed by atoms with Crippen molar-refractivity contribution < 1.29 is 9.90 Å². The van der Waals surface area contributed by atoms with Gasteiger partial charge in [-0.15, -0.1) is 11.3 Å². The Hall–Kier alpha value is -0.910. The predicted octanol–water partition coefficient (Wildman–Crippen LogP) is 1.55. The van der Waals surface area contributed by atoms with Crippen molar-refractivity contribution in [2.75, 3.05) is 26.2 Å². The molecule has 1 amide bonds. The number of carbonyl (C=O) groups excluding carboxylic acids is 1. The maximum Gasteiger partial charge on any atom is 0.225 e. The van der Waals surface area contributed by atoms with Crippen LogP contribution in [0.2, 0.25) is 0 Å². The summed E-state index contributed by atoms with van der Waals surface area (Å²) in [6.45, 7) is 7.69. The van der Waals surface area contributed by atoms with Gasteiger partial charge in [0.05, 0.1) is 12.0 Å². The summed E-state index contributed by atoms with van der Waals surface area (Å²) in [7, 11) is 0. The molecule has 0 unspecified atom stereocenters. The van der Waals surface area contributed by atoms with Gasteiger partial charge in [-0.25, -0.2) is 0 Å². The van der Waals surface area contributed by atoms with E-state index in [1.807, 2.05) is 4.90 Å². The van der Waals surface area contributed by atoms with Crippen molar-refractivity contribution in [2.24, 2.45) is 0 Å². The van der Waals surface area contributed by atoms with Gasteiger partial charge in [0.15, 0.2) is 0 Å². The molecule has 106 valence electrons. The summed E-state index contributed by atoms with van der Waals surface area (Å²) in [6, 6.07) is 4.22. The van der Waals surface area contributed by atoms with E-state index < -0.39 is 5.60 Å². The standard InChI is InChI=1S/C14H22N2O2S/c1-14(2,18)10-13(17)16-7-5-15(6-8-16)11-12-4-3-9-19-12/h3-4,9,18H,5-8,10-11H2,1-2H3. The van der Waals surface area contributed by atoms with Gasteiger partial charge in [0.2, 0.25) is 5.91 Å². The fourth-order valence-electron chi connectivity index (χ4n) is 2.26. The van der Waals surface area contributed by atoms with Gasteiger partial charge in [-0.3, -0.25) is 9.69 Å². The highest BCUT2D eigenvalue weighted by molar-refractivity contribution is 7.09. The molecule has 1 aromatic heterocycles. The van der Waals surface area contributed by atoms with E-state index in [0.29, 0.717) is 0 Å². The summed E-state index contributed by atoms with van der Waals surface area (Å²) in [5.74, 6) is 0.0586. The molecule has 4 nitrogen and oxygen atoms in total. The van der Waals surface area contributed by atoms with E-state index in [-0.39, 0.29) is 12.3 Å². The van der Waals surface area contributed by atoms with Gasteiger partial charge in [0.25, 0.3) is 0 Å². The summed E-state index contributed by atoms with van der Waals surface area (Å²) in [5.41, 5.74) is -0.912. The number of piperazine rings is 1. The molecule has 0 spiro atoms. The van der Waals surface area contributed by atoms with Crippen LogP contribution in [0.5, 0.6) is 0 Å². The highest BCUT2D eigenvalue weighted by Gasteiger charge is 2.25. The molecule has 19 heavy (non-hydrogen) atoms. The minimum Gasteiger partial charge on any atom is -0.390 e. The van der Waals surface area contributed by atoms with Gasteiger partial charge in [-0.05, 0) is 25.3 Å². The fourth-order valence-corrected chi connectivity index (χ4v) is 3.01. The molecule has 2 heterocycles. The van der Waals surface area contributed by atoms with Crippen molar-refractivity contribution in [1.82, 2.24) is 9.80 Å².